The van der Waals surface area contributed by atoms with Crippen molar-refractivity contribution >= 4 is 31.1 Å². The van der Waals surface area contributed by atoms with Gasteiger partial charge in [0, 0.05) is 12.4 Å². The zero-order valence-corrected chi connectivity index (χ0v) is 24.9. The van der Waals surface area contributed by atoms with Crippen LogP contribution in [0.1, 0.15) is 59.8 Å². The van der Waals surface area contributed by atoms with Gasteiger partial charge in [-0.25, -0.2) is 0 Å². The summed E-state index contributed by atoms with van der Waals surface area (Å²) in [6.07, 6.45) is 5.97. The molecule has 206 valence electrons. The van der Waals surface area contributed by atoms with Crippen molar-refractivity contribution in [2.75, 3.05) is 70.8 Å². The summed E-state index contributed by atoms with van der Waals surface area (Å²) in [6.45, 7) is 11.2. The summed E-state index contributed by atoms with van der Waals surface area (Å²) < 4.78 is 43.9. The van der Waals surface area contributed by atoms with Crippen molar-refractivity contribution in [1.29, 1.82) is 0 Å². The van der Waals surface area contributed by atoms with Crippen LogP contribution in [0.3, 0.4) is 0 Å². The standard InChI is InChI=1S/C10H24NO3P.C6H14BrO3P.C3H10N2.CH4O/c1-3-13-15(12,14-4-2)10-8-6-5-7-9-11;1-3-9-11(8,6-5-7)10-4-2;4-2-1-3-5;1-2/h3-11H2,1-2H3;3-6H2,1-2H3;1-5H2;2H,1H3. The van der Waals surface area contributed by atoms with Gasteiger partial charge in [-0.15, -0.1) is 0 Å². The highest BCUT2D eigenvalue weighted by Gasteiger charge is 2.22. The van der Waals surface area contributed by atoms with Crippen LogP contribution in [-0.2, 0) is 27.2 Å². The molecule has 0 aromatic heterocycles. The monoisotopic (exact) mass is 587 g/mol. The molecule has 0 heterocycles. The molecule has 0 aromatic rings. The molecule has 0 bridgehead atoms. The lowest BCUT2D eigenvalue weighted by molar-refractivity contribution is 0.219. The minimum absolute atomic E-state index is 0.435. The third kappa shape index (κ3) is 32.6. The molecule has 0 unspecified atom stereocenters. The van der Waals surface area contributed by atoms with E-state index < -0.39 is 15.2 Å². The molecule has 0 aliphatic rings. The van der Waals surface area contributed by atoms with Crippen LogP contribution in [0.25, 0.3) is 0 Å². The van der Waals surface area contributed by atoms with E-state index in [1.54, 1.807) is 13.8 Å². The van der Waals surface area contributed by atoms with Gasteiger partial charge in [0.25, 0.3) is 0 Å². The van der Waals surface area contributed by atoms with Crippen LogP contribution < -0.4 is 17.2 Å². The Labute approximate surface area is 211 Å². The van der Waals surface area contributed by atoms with Crippen molar-refractivity contribution in [3.05, 3.63) is 0 Å². The number of nitrogens with two attached hydrogens (primary N) is 3. The first kappa shape index (κ1) is 40.8. The first-order valence-electron chi connectivity index (χ1n) is 11.7. The Kier molecular flexibility index (Phi) is 40.3. The normalized spacial score (nSPS) is 10.8. The van der Waals surface area contributed by atoms with Gasteiger partial charge >= 0.3 is 15.2 Å². The molecule has 0 fully saturated rings. The van der Waals surface area contributed by atoms with Crippen LogP contribution in [0.2, 0.25) is 0 Å². The minimum atomic E-state index is -2.80. The quantitative estimate of drug-likeness (QED) is 0.103. The molecule has 0 radical (unpaired) electrons. The van der Waals surface area contributed by atoms with Crippen LogP contribution >= 0.6 is 31.1 Å². The fourth-order valence-corrected chi connectivity index (χ4v) is 6.50. The third-order valence-electron chi connectivity index (χ3n) is 3.46. The maximum Gasteiger partial charge on any atom is 0.331 e. The van der Waals surface area contributed by atoms with Crippen LogP contribution in [0.5, 0.6) is 0 Å². The second kappa shape index (κ2) is 32.6. The molecule has 0 saturated heterocycles. The van der Waals surface area contributed by atoms with Gasteiger partial charge in [-0.2, -0.15) is 0 Å². The minimum Gasteiger partial charge on any atom is -0.400 e. The third-order valence-corrected chi connectivity index (χ3v) is 8.71. The van der Waals surface area contributed by atoms with Gasteiger partial charge in [0.2, 0.25) is 0 Å². The van der Waals surface area contributed by atoms with E-state index >= 15 is 0 Å². The summed E-state index contributed by atoms with van der Waals surface area (Å²) >= 11 is 3.19. The summed E-state index contributed by atoms with van der Waals surface area (Å²) in [4.78, 5) is 0. The Morgan fingerprint density at radius 2 is 0.939 bits per heavy atom. The zero-order valence-electron chi connectivity index (χ0n) is 21.5. The number of hydrogen-bond donors (Lipinski definition) is 4. The molecule has 0 amide bonds. The summed E-state index contributed by atoms with van der Waals surface area (Å²) in [5.41, 5.74) is 15.5. The fourth-order valence-electron chi connectivity index (χ4n) is 2.14. The average molecular weight is 589 g/mol. The van der Waals surface area contributed by atoms with E-state index in [1.165, 1.54) is 0 Å². The maximum atomic E-state index is 12.0. The largest absolute Gasteiger partial charge is 0.400 e. The van der Waals surface area contributed by atoms with Crippen molar-refractivity contribution in [2.24, 2.45) is 17.2 Å². The maximum absolute atomic E-state index is 12.0. The molecule has 13 heteroatoms. The Morgan fingerprint density at radius 1 is 0.606 bits per heavy atom. The molecular weight excluding hydrogens is 536 g/mol. The average Bonchev–Trinajstić information content (AvgIpc) is 2.77. The number of alkyl halides is 1. The predicted molar refractivity (Wildman–Crippen MR) is 144 cm³/mol. The first-order valence-corrected chi connectivity index (χ1v) is 16.2. The van der Waals surface area contributed by atoms with E-state index in [4.69, 9.17) is 40.4 Å². The molecule has 10 nitrogen and oxygen atoms in total. The van der Waals surface area contributed by atoms with Crippen LogP contribution in [0.4, 0.5) is 0 Å². The molecule has 0 aromatic carbocycles. The van der Waals surface area contributed by atoms with Crippen molar-refractivity contribution in [3.8, 4) is 0 Å². The second-order valence-electron chi connectivity index (χ2n) is 6.16. The number of aliphatic hydroxyl groups is 1. The zero-order chi connectivity index (χ0) is 26.4. The van der Waals surface area contributed by atoms with Crippen LogP contribution in [0.15, 0.2) is 0 Å². The van der Waals surface area contributed by atoms with Crippen molar-refractivity contribution in [2.45, 2.75) is 59.8 Å². The lowest BCUT2D eigenvalue weighted by atomic mass is 10.2. The van der Waals surface area contributed by atoms with Crippen molar-refractivity contribution in [1.82, 2.24) is 0 Å². The number of halogens is 1. The van der Waals surface area contributed by atoms with Gasteiger partial charge < -0.3 is 40.4 Å². The molecule has 0 aliphatic carbocycles. The van der Waals surface area contributed by atoms with E-state index in [1.807, 2.05) is 13.8 Å². The summed E-state index contributed by atoms with van der Waals surface area (Å²) in [5.74, 6) is 0. The predicted octanol–water partition coefficient (Wildman–Crippen LogP) is 4.32. The fraction of sp³-hybridized carbons (Fsp3) is 1.00. The highest BCUT2D eigenvalue weighted by molar-refractivity contribution is 9.09. The van der Waals surface area contributed by atoms with E-state index in [0.29, 0.717) is 44.1 Å². The van der Waals surface area contributed by atoms with E-state index in [2.05, 4.69) is 15.9 Å². The van der Waals surface area contributed by atoms with Crippen LogP contribution in [-0.4, -0.2) is 75.9 Å². The molecule has 7 N–H and O–H groups in total. The van der Waals surface area contributed by atoms with Gasteiger partial charge in [-0.1, -0.05) is 28.8 Å². The number of unbranched alkanes of at least 4 members (excludes halogenated alkanes) is 3. The van der Waals surface area contributed by atoms with Crippen LogP contribution in [0, 0.1) is 0 Å². The van der Waals surface area contributed by atoms with Gasteiger partial charge in [-0.05, 0) is 66.6 Å². The van der Waals surface area contributed by atoms with Crippen molar-refractivity contribution < 1.29 is 32.3 Å². The topological polar surface area (TPSA) is 169 Å². The molecule has 0 rings (SSSR count). The first-order chi connectivity index (χ1) is 15.8. The van der Waals surface area contributed by atoms with Crippen molar-refractivity contribution in [3.63, 3.8) is 0 Å². The highest BCUT2D eigenvalue weighted by Crippen LogP contribution is 2.49. The lowest BCUT2D eigenvalue weighted by Gasteiger charge is -2.16. The lowest BCUT2D eigenvalue weighted by Crippen LogP contribution is -2.06. The molecule has 0 saturated carbocycles. The van der Waals surface area contributed by atoms with E-state index in [-0.39, 0.29) is 0 Å². The molecule has 0 aliphatic heterocycles. The van der Waals surface area contributed by atoms with Gasteiger partial charge in [0.05, 0.1) is 38.8 Å². The molecule has 0 spiro atoms. The van der Waals surface area contributed by atoms with Gasteiger partial charge in [-0.3, -0.25) is 9.13 Å². The number of hydrogen-bond acceptors (Lipinski definition) is 10. The Morgan fingerprint density at radius 3 is 1.21 bits per heavy atom. The Balaban J connectivity index is -0.000000204. The molecule has 0 atom stereocenters. The Bertz CT molecular complexity index is 418. The van der Waals surface area contributed by atoms with E-state index in [0.717, 1.165) is 58.8 Å². The second-order valence-corrected chi connectivity index (χ2v) is 11.3. The van der Waals surface area contributed by atoms with Gasteiger partial charge in [0.1, 0.15) is 0 Å². The SMILES string of the molecule is CCOP(=O)(CCBr)OCC.CCOP(=O)(CCCCCCN)OCC.CO.NCCCN. The van der Waals surface area contributed by atoms with Gasteiger partial charge in [0.15, 0.2) is 0 Å². The highest BCUT2D eigenvalue weighted by atomic mass is 79.9. The number of aliphatic hydroxyl groups excluding tert-OH is 1. The molecule has 33 heavy (non-hydrogen) atoms. The summed E-state index contributed by atoms with van der Waals surface area (Å²) in [6, 6.07) is 0. The molecular formula is C20H52BrN3O7P2. The Hall–Kier alpha value is 0.620. The summed E-state index contributed by atoms with van der Waals surface area (Å²) in [5, 5.41) is 7.64. The number of rotatable bonds is 18. The smallest absolute Gasteiger partial charge is 0.331 e. The summed E-state index contributed by atoms with van der Waals surface area (Å²) in [7, 11) is -4.57. The van der Waals surface area contributed by atoms with E-state index in [9.17, 15) is 9.13 Å².